The van der Waals surface area contributed by atoms with Crippen molar-refractivity contribution >= 4 is 23.5 Å². The van der Waals surface area contributed by atoms with Crippen molar-refractivity contribution in [3.8, 4) is 0 Å². The van der Waals surface area contributed by atoms with Crippen LogP contribution >= 0.6 is 12.2 Å². The van der Waals surface area contributed by atoms with E-state index in [1.807, 2.05) is 6.21 Å². The number of allylic oxidation sites excluding steroid dienone is 2. The van der Waals surface area contributed by atoms with Crippen molar-refractivity contribution in [2.24, 2.45) is 11.0 Å². The first-order valence-electron chi connectivity index (χ1n) is 6.68. The standard InChI is InChI=1S/C13H21N3OS/c18-13(14-10-12-7-4-8-17-12)16-15-9-11-5-2-1-3-6-11/h1-2,9,11-12H,3-8,10H2,(H2,14,16,18)/b15-9-/t11-,12+/m0/s1. The van der Waals surface area contributed by atoms with Gasteiger partial charge < -0.3 is 10.1 Å². The lowest BCUT2D eigenvalue weighted by Gasteiger charge is -2.13. The number of rotatable bonds is 4. The molecule has 2 rings (SSSR count). The van der Waals surface area contributed by atoms with E-state index in [4.69, 9.17) is 17.0 Å². The Morgan fingerprint density at radius 1 is 1.44 bits per heavy atom. The highest BCUT2D eigenvalue weighted by Gasteiger charge is 2.15. The smallest absolute Gasteiger partial charge is 0.187 e. The van der Waals surface area contributed by atoms with Crippen LogP contribution in [0.4, 0.5) is 0 Å². The highest BCUT2D eigenvalue weighted by molar-refractivity contribution is 7.80. The highest BCUT2D eigenvalue weighted by atomic mass is 32.1. The van der Waals surface area contributed by atoms with Crippen molar-refractivity contribution in [2.75, 3.05) is 13.2 Å². The lowest BCUT2D eigenvalue weighted by Crippen LogP contribution is -2.37. The molecule has 0 bridgehead atoms. The number of hydrogen-bond acceptors (Lipinski definition) is 3. The Bertz CT molecular complexity index is 324. The normalized spacial score (nSPS) is 27.6. The third-order valence-corrected chi connectivity index (χ3v) is 3.51. The molecular weight excluding hydrogens is 246 g/mol. The van der Waals surface area contributed by atoms with Gasteiger partial charge in [0.25, 0.3) is 0 Å². The van der Waals surface area contributed by atoms with Crippen LogP contribution in [0, 0.1) is 5.92 Å². The summed E-state index contributed by atoms with van der Waals surface area (Å²) < 4.78 is 5.51. The molecular formula is C13H21N3OS. The van der Waals surface area contributed by atoms with Gasteiger partial charge in [-0.25, -0.2) is 0 Å². The van der Waals surface area contributed by atoms with E-state index in [9.17, 15) is 0 Å². The number of ether oxygens (including phenoxy) is 1. The maximum absolute atomic E-state index is 5.51. The average molecular weight is 267 g/mol. The van der Waals surface area contributed by atoms with Crippen molar-refractivity contribution in [3.05, 3.63) is 12.2 Å². The molecule has 2 N–H and O–H groups in total. The zero-order chi connectivity index (χ0) is 12.6. The number of thiocarbonyl (C=S) groups is 1. The Hall–Kier alpha value is -0.940. The molecule has 1 aliphatic carbocycles. The van der Waals surface area contributed by atoms with Gasteiger partial charge in [0.2, 0.25) is 0 Å². The van der Waals surface area contributed by atoms with Crippen molar-refractivity contribution in [2.45, 2.75) is 38.2 Å². The molecule has 0 aromatic carbocycles. The second kappa shape index (κ2) is 7.48. The fraction of sp³-hybridized carbons (Fsp3) is 0.692. The van der Waals surface area contributed by atoms with Crippen LogP contribution < -0.4 is 10.7 Å². The van der Waals surface area contributed by atoms with Crippen LogP contribution in [0.2, 0.25) is 0 Å². The average Bonchev–Trinajstić information content (AvgIpc) is 2.91. The minimum absolute atomic E-state index is 0.303. The van der Waals surface area contributed by atoms with E-state index < -0.39 is 0 Å². The Balaban J connectivity index is 1.58. The Morgan fingerprint density at radius 3 is 3.11 bits per heavy atom. The van der Waals surface area contributed by atoms with E-state index >= 15 is 0 Å². The molecule has 0 aromatic rings. The summed E-state index contributed by atoms with van der Waals surface area (Å²) in [5.41, 5.74) is 2.86. The van der Waals surface area contributed by atoms with Gasteiger partial charge in [-0.15, -0.1) is 0 Å². The summed E-state index contributed by atoms with van der Waals surface area (Å²) in [7, 11) is 0. The van der Waals surface area contributed by atoms with Crippen LogP contribution in [0.25, 0.3) is 0 Å². The zero-order valence-corrected chi connectivity index (χ0v) is 11.4. The van der Waals surface area contributed by atoms with E-state index in [1.54, 1.807) is 0 Å². The topological polar surface area (TPSA) is 45.6 Å². The number of nitrogens with one attached hydrogen (secondary N) is 2. The molecule has 1 fully saturated rings. The summed E-state index contributed by atoms with van der Waals surface area (Å²) in [4.78, 5) is 0. The van der Waals surface area contributed by atoms with Crippen LogP contribution in [0.1, 0.15) is 32.1 Å². The van der Waals surface area contributed by atoms with Gasteiger partial charge in [-0.1, -0.05) is 12.2 Å². The maximum Gasteiger partial charge on any atom is 0.187 e. The molecule has 0 radical (unpaired) electrons. The molecule has 2 aliphatic rings. The molecule has 0 spiro atoms. The predicted molar refractivity (Wildman–Crippen MR) is 77.7 cm³/mol. The van der Waals surface area contributed by atoms with Gasteiger partial charge in [-0.05, 0) is 50.2 Å². The molecule has 5 heteroatoms. The minimum atomic E-state index is 0.303. The summed E-state index contributed by atoms with van der Waals surface area (Å²) in [6.45, 7) is 1.65. The maximum atomic E-state index is 5.51. The van der Waals surface area contributed by atoms with Crippen LogP contribution in [0.15, 0.2) is 17.3 Å². The molecule has 1 heterocycles. The third-order valence-electron chi connectivity index (χ3n) is 3.28. The lowest BCUT2D eigenvalue weighted by atomic mass is 9.96. The first kappa shape index (κ1) is 13.5. The Labute approximate surface area is 114 Å². The molecule has 2 atom stereocenters. The summed E-state index contributed by atoms with van der Waals surface area (Å²) in [5.74, 6) is 0.545. The zero-order valence-electron chi connectivity index (χ0n) is 10.6. The summed E-state index contributed by atoms with van der Waals surface area (Å²) in [6.07, 6.45) is 12.4. The highest BCUT2D eigenvalue weighted by Crippen LogP contribution is 2.15. The van der Waals surface area contributed by atoms with Crippen LogP contribution in [0.3, 0.4) is 0 Å². The van der Waals surface area contributed by atoms with Crippen molar-refractivity contribution in [3.63, 3.8) is 0 Å². The fourth-order valence-electron chi connectivity index (χ4n) is 2.21. The predicted octanol–water partition coefficient (Wildman–Crippen LogP) is 1.97. The lowest BCUT2D eigenvalue weighted by molar-refractivity contribution is 0.114. The van der Waals surface area contributed by atoms with E-state index in [0.29, 0.717) is 17.1 Å². The van der Waals surface area contributed by atoms with Gasteiger partial charge in [-0.2, -0.15) is 5.10 Å². The Morgan fingerprint density at radius 2 is 2.39 bits per heavy atom. The number of nitrogens with zero attached hydrogens (tertiary/aromatic N) is 1. The largest absolute Gasteiger partial charge is 0.376 e. The first-order valence-corrected chi connectivity index (χ1v) is 7.09. The van der Waals surface area contributed by atoms with Crippen LogP contribution in [-0.4, -0.2) is 30.6 Å². The quantitative estimate of drug-likeness (QED) is 0.354. The summed E-state index contributed by atoms with van der Waals surface area (Å²) in [6, 6.07) is 0. The van der Waals surface area contributed by atoms with Crippen LogP contribution in [-0.2, 0) is 4.74 Å². The molecule has 1 aliphatic heterocycles. The molecule has 18 heavy (non-hydrogen) atoms. The SMILES string of the molecule is S=C(NC[C@H]1CCCO1)N/N=C\[C@H]1CC=CCC1. The van der Waals surface area contributed by atoms with Crippen molar-refractivity contribution < 1.29 is 4.74 Å². The molecule has 0 amide bonds. The van der Waals surface area contributed by atoms with Crippen LogP contribution in [0.5, 0.6) is 0 Å². The number of hydrogen-bond donors (Lipinski definition) is 2. The van der Waals surface area contributed by atoms with Gasteiger partial charge in [0.1, 0.15) is 0 Å². The minimum Gasteiger partial charge on any atom is -0.376 e. The second-order valence-corrected chi connectivity index (χ2v) is 5.19. The van der Waals surface area contributed by atoms with Gasteiger partial charge in [-0.3, -0.25) is 5.43 Å². The summed E-state index contributed by atoms with van der Waals surface area (Å²) in [5, 5.41) is 7.89. The summed E-state index contributed by atoms with van der Waals surface area (Å²) >= 11 is 5.15. The molecule has 100 valence electrons. The van der Waals surface area contributed by atoms with Gasteiger partial charge in [0, 0.05) is 19.4 Å². The van der Waals surface area contributed by atoms with E-state index in [2.05, 4.69) is 28.0 Å². The molecule has 0 unspecified atom stereocenters. The molecule has 4 nitrogen and oxygen atoms in total. The van der Waals surface area contributed by atoms with Gasteiger partial charge in [0.05, 0.1) is 6.10 Å². The number of hydrazone groups is 1. The third kappa shape index (κ3) is 4.74. The first-order chi connectivity index (χ1) is 8.84. The molecule has 1 saturated heterocycles. The van der Waals surface area contributed by atoms with Gasteiger partial charge >= 0.3 is 0 Å². The van der Waals surface area contributed by atoms with E-state index in [1.165, 1.54) is 6.42 Å². The van der Waals surface area contributed by atoms with E-state index in [-0.39, 0.29) is 0 Å². The van der Waals surface area contributed by atoms with E-state index in [0.717, 1.165) is 38.8 Å². The van der Waals surface area contributed by atoms with Gasteiger partial charge in [0.15, 0.2) is 5.11 Å². The monoisotopic (exact) mass is 267 g/mol. The molecule has 0 saturated carbocycles. The molecule has 0 aromatic heterocycles. The Kier molecular flexibility index (Phi) is 5.61. The van der Waals surface area contributed by atoms with Crippen molar-refractivity contribution in [1.29, 1.82) is 0 Å². The van der Waals surface area contributed by atoms with Crippen molar-refractivity contribution in [1.82, 2.24) is 10.7 Å². The fourth-order valence-corrected chi connectivity index (χ4v) is 2.34. The second-order valence-electron chi connectivity index (χ2n) is 4.78.